The minimum Gasteiger partial charge on any atom is -0.306 e. The standard InChI is InChI=1S/C8H21NSi/c1-4-5-6-9(3)7-8(2)10/h8H,4-7H2,1-3,10H3. The maximum Gasteiger partial charge on any atom is 0.00800 e. The van der Waals surface area contributed by atoms with Crippen LogP contribution >= 0.6 is 0 Å². The average molecular weight is 159 g/mol. The van der Waals surface area contributed by atoms with Gasteiger partial charge in [-0.2, -0.15) is 0 Å². The maximum absolute atomic E-state index is 2.45. The van der Waals surface area contributed by atoms with E-state index in [9.17, 15) is 0 Å². The van der Waals surface area contributed by atoms with Gasteiger partial charge in [-0.3, -0.25) is 0 Å². The van der Waals surface area contributed by atoms with Crippen LogP contribution in [-0.2, 0) is 0 Å². The first-order valence-corrected chi connectivity index (χ1v) is 5.50. The van der Waals surface area contributed by atoms with Crippen LogP contribution in [0.4, 0.5) is 0 Å². The summed E-state index contributed by atoms with van der Waals surface area (Å²) in [7, 11) is 3.56. The van der Waals surface area contributed by atoms with Crippen molar-refractivity contribution in [3.63, 3.8) is 0 Å². The highest BCUT2D eigenvalue weighted by Crippen LogP contribution is 1.99. The Morgan fingerprint density at radius 3 is 2.50 bits per heavy atom. The van der Waals surface area contributed by atoms with Crippen LogP contribution in [0.25, 0.3) is 0 Å². The monoisotopic (exact) mass is 159 g/mol. The summed E-state index contributed by atoms with van der Waals surface area (Å²) in [6.45, 7) is 7.15. The summed E-state index contributed by atoms with van der Waals surface area (Å²) in [5, 5.41) is 0. The van der Waals surface area contributed by atoms with Gasteiger partial charge in [0.25, 0.3) is 0 Å². The summed E-state index contributed by atoms with van der Waals surface area (Å²) in [5.74, 6) is 0. The van der Waals surface area contributed by atoms with Crippen LogP contribution in [0.1, 0.15) is 26.7 Å². The van der Waals surface area contributed by atoms with E-state index in [1.165, 1.54) is 36.2 Å². The van der Waals surface area contributed by atoms with Crippen molar-refractivity contribution < 1.29 is 0 Å². The van der Waals surface area contributed by atoms with Gasteiger partial charge >= 0.3 is 0 Å². The van der Waals surface area contributed by atoms with Gasteiger partial charge in [-0.15, -0.1) is 0 Å². The first kappa shape index (κ1) is 10.2. The topological polar surface area (TPSA) is 3.24 Å². The molecule has 0 amide bonds. The molecule has 0 saturated heterocycles. The molecule has 1 unspecified atom stereocenters. The fourth-order valence-corrected chi connectivity index (χ4v) is 1.77. The molecular formula is C8H21NSi. The van der Waals surface area contributed by atoms with Crippen molar-refractivity contribution >= 4 is 10.2 Å². The molecule has 0 aromatic rings. The second kappa shape index (κ2) is 5.92. The van der Waals surface area contributed by atoms with Crippen molar-refractivity contribution in [1.29, 1.82) is 0 Å². The molecule has 0 spiro atoms. The smallest absolute Gasteiger partial charge is 0.00800 e. The Morgan fingerprint density at radius 2 is 2.10 bits per heavy atom. The molecule has 0 radical (unpaired) electrons. The molecular weight excluding hydrogens is 138 g/mol. The molecule has 0 aromatic heterocycles. The van der Waals surface area contributed by atoms with Gasteiger partial charge in [0.05, 0.1) is 0 Å². The number of hydrogen-bond donors (Lipinski definition) is 0. The predicted molar refractivity (Wildman–Crippen MR) is 51.8 cm³/mol. The Labute approximate surface area is 68.2 Å². The van der Waals surface area contributed by atoms with Gasteiger partial charge < -0.3 is 4.90 Å². The van der Waals surface area contributed by atoms with E-state index in [4.69, 9.17) is 0 Å². The second-order valence-electron chi connectivity index (χ2n) is 3.51. The molecule has 0 aromatic carbocycles. The molecule has 0 aliphatic rings. The lowest BCUT2D eigenvalue weighted by Gasteiger charge is -2.17. The van der Waals surface area contributed by atoms with E-state index in [2.05, 4.69) is 25.8 Å². The van der Waals surface area contributed by atoms with Crippen molar-refractivity contribution in [2.75, 3.05) is 20.1 Å². The normalized spacial score (nSPS) is 14.4. The SMILES string of the molecule is CCCCN(C)CC(C)[SiH3]. The van der Waals surface area contributed by atoms with Gasteiger partial charge in [0, 0.05) is 10.2 Å². The first-order valence-electron chi connectivity index (χ1n) is 4.35. The molecule has 2 heteroatoms. The highest BCUT2D eigenvalue weighted by molar-refractivity contribution is 6.11. The molecule has 0 aliphatic carbocycles. The van der Waals surface area contributed by atoms with Crippen LogP contribution in [0.5, 0.6) is 0 Å². The zero-order chi connectivity index (χ0) is 7.98. The molecule has 62 valence electrons. The molecule has 0 N–H and O–H groups in total. The van der Waals surface area contributed by atoms with Gasteiger partial charge in [-0.25, -0.2) is 0 Å². The van der Waals surface area contributed by atoms with E-state index in [0.29, 0.717) is 0 Å². The lowest BCUT2D eigenvalue weighted by atomic mass is 10.3. The van der Waals surface area contributed by atoms with E-state index in [1.807, 2.05) is 0 Å². The fourth-order valence-electron chi connectivity index (χ4n) is 1.14. The number of nitrogens with zero attached hydrogens (tertiary/aromatic N) is 1. The van der Waals surface area contributed by atoms with E-state index in [-0.39, 0.29) is 0 Å². The highest BCUT2D eigenvalue weighted by Gasteiger charge is 1.99. The van der Waals surface area contributed by atoms with Gasteiger partial charge in [-0.05, 0) is 32.1 Å². The fraction of sp³-hybridized carbons (Fsp3) is 1.00. The van der Waals surface area contributed by atoms with Crippen LogP contribution in [-0.4, -0.2) is 35.3 Å². The Kier molecular flexibility index (Phi) is 6.03. The van der Waals surface area contributed by atoms with Gasteiger partial charge in [0.15, 0.2) is 0 Å². The lowest BCUT2D eigenvalue weighted by molar-refractivity contribution is 0.329. The minimum atomic E-state index is 0.946. The number of hydrogen-bond acceptors (Lipinski definition) is 1. The average Bonchev–Trinajstić information content (AvgIpc) is 1.82. The summed E-state index contributed by atoms with van der Waals surface area (Å²) in [5.41, 5.74) is 0.946. The molecule has 0 heterocycles. The summed E-state index contributed by atoms with van der Waals surface area (Å²) >= 11 is 0. The van der Waals surface area contributed by atoms with Crippen LogP contribution in [0.15, 0.2) is 0 Å². The molecule has 1 atom stereocenters. The zero-order valence-corrected chi connectivity index (χ0v) is 9.85. The Morgan fingerprint density at radius 1 is 1.50 bits per heavy atom. The second-order valence-corrected chi connectivity index (χ2v) is 5.48. The highest BCUT2D eigenvalue weighted by atomic mass is 28.1. The van der Waals surface area contributed by atoms with E-state index in [0.717, 1.165) is 5.54 Å². The molecule has 1 nitrogen and oxygen atoms in total. The molecule has 0 bridgehead atoms. The van der Waals surface area contributed by atoms with Gasteiger partial charge in [0.2, 0.25) is 0 Å². The quantitative estimate of drug-likeness (QED) is 0.539. The van der Waals surface area contributed by atoms with Crippen LogP contribution in [0.2, 0.25) is 5.54 Å². The van der Waals surface area contributed by atoms with Crippen LogP contribution in [0, 0.1) is 0 Å². The predicted octanol–water partition coefficient (Wildman–Crippen LogP) is 0.892. The minimum absolute atomic E-state index is 0.946. The molecule has 0 rings (SSSR count). The van der Waals surface area contributed by atoms with Crippen molar-refractivity contribution in [2.45, 2.75) is 32.2 Å². The third kappa shape index (κ3) is 6.30. The molecule has 0 saturated carbocycles. The van der Waals surface area contributed by atoms with Gasteiger partial charge in [-0.1, -0.05) is 20.3 Å². The first-order chi connectivity index (χ1) is 4.66. The zero-order valence-electron chi connectivity index (χ0n) is 7.85. The van der Waals surface area contributed by atoms with E-state index < -0.39 is 0 Å². The van der Waals surface area contributed by atoms with Crippen molar-refractivity contribution in [1.82, 2.24) is 4.90 Å². The third-order valence-corrected chi connectivity index (χ3v) is 1.94. The summed E-state index contributed by atoms with van der Waals surface area (Å²) in [6.07, 6.45) is 2.67. The summed E-state index contributed by atoms with van der Waals surface area (Å²) < 4.78 is 0. The van der Waals surface area contributed by atoms with Crippen molar-refractivity contribution in [2.24, 2.45) is 0 Å². The lowest BCUT2D eigenvalue weighted by Crippen LogP contribution is -2.23. The van der Waals surface area contributed by atoms with Gasteiger partial charge in [0.1, 0.15) is 0 Å². The molecule has 10 heavy (non-hydrogen) atoms. The summed E-state index contributed by atoms with van der Waals surface area (Å²) in [6, 6.07) is 0. The van der Waals surface area contributed by atoms with Crippen LogP contribution < -0.4 is 0 Å². The largest absolute Gasteiger partial charge is 0.306 e. The van der Waals surface area contributed by atoms with Crippen molar-refractivity contribution in [3.05, 3.63) is 0 Å². The summed E-state index contributed by atoms with van der Waals surface area (Å²) in [4.78, 5) is 2.45. The Hall–Kier alpha value is 0.177. The maximum atomic E-state index is 2.45. The van der Waals surface area contributed by atoms with E-state index >= 15 is 0 Å². The number of unbranched alkanes of at least 4 members (excludes halogenated alkanes) is 1. The molecule has 0 fully saturated rings. The molecule has 0 aliphatic heterocycles. The Bertz CT molecular complexity index is 73.7. The number of rotatable bonds is 5. The van der Waals surface area contributed by atoms with Crippen molar-refractivity contribution in [3.8, 4) is 0 Å². The Balaban J connectivity index is 3.16. The van der Waals surface area contributed by atoms with E-state index in [1.54, 1.807) is 0 Å². The van der Waals surface area contributed by atoms with Crippen LogP contribution in [0.3, 0.4) is 0 Å². The third-order valence-electron chi connectivity index (χ3n) is 1.57.